The quantitative estimate of drug-likeness (QED) is 0.461. The highest BCUT2D eigenvalue weighted by Crippen LogP contribution is 2.30. The Morgan fingerprint density at radius 1 is 1.29 bits per heavy atom. The van der Waals surface area contributed by atoms with Crippen LogP contribution in [0.2, 0.25) is 0 Å². The summed E-state index contributed by atoms with van der Waals surface area (Å²) >= 11 is 3.19. The summed E-state index contributed by atoms with van der Waals surface area (Å²) in [5.74, 6) is -0.960. The summed E-state index contributed by atoms with van der Waals surface area (Å²) in [5, 5.41) is 10.8. The Bertz CT molecular complexity index is 733. The number of benzene rings is 2. The molecule has 0 aliphatic rings. The molecule has 2 aromatic rings. The Hall–Kier alpha value is -2.28. The molecule has 2 aromatic carbocycles. The fourth-order valence-corrected chi connectivity index (χ4v) is 2.04. The molecule has 0 saturated carbocycles. The summed E-state index contributed by atoms with van der Waals surface area (Å²) in [5.41, 5.74) is -0.405. The molecule has 0 atom stereocenters. The van der Waals surface area contributed by atoms with Crippen molar-refractivity contribution in [3.63, 3.8) is 0 Å². The molecule has 2 rings (SSSR count). The van der Waals surface area contributed by atoms with E-state index >= 15 is 0 Å². The third kappa shape index (κ3) is 3.43. The van der Waals surface area contributed by atoms with Crippen LogP contribution in [0, 0.1) is 15.9 Å². The normalized spacial score (nSPS) is 10.2. The maximum Gasteiger partial charge on any atom is 0.280 e. The molecule has 21 heavy (non-hydrogen) atoms. The number of Topliss-reactive ketones (excluding diaryl/α,β-unsaturated/α-hetero) is 1. The van der Waals surface area contributed by atoms with Crippen LogP contribution in [0.15, 0.2) is 40.9 Å². The lowest BCUT2D eigenvalue weighted by atomic mass is 10.1. The number of rotatable bonds is 4. The SMILES string of the molecule is CC(=O)c1cc(Oc2cc(Br)ccc2F)ccc1[N+](=O)[O-]. The predicted octanol–water partition coefficient (Wildman–Crippen LogP) is 4.49. The molecule has 0 amide bonds. The molecule has 0 bridgehead atoms. The van der Waals surface area contributed by atoms with E-state index in [0.29, 0.717) is 4.47 Å². The molecular formula is C14H9BrFNO4. The first-order chi connectivity index (χ1) is 9.88. The van der Waals surface area contributed by atoms with E-state index in [4.69, 9.17) is 4.74 Å². The van der Waals surface area contributed by atoms with Crippen LogP contribution in [-0.2, 0) is 0 Å². The lowest BCUT2D eigenvalue weighted by Crippen LogP contribution is -2.00. The molecule has 0 N–H and O–H groups in total. The van der Waals surface area contributed by atoms with Gasteiger partial charge in [0.25, 0.3) is 5.69 Å². The number of carbonyl (C=O) groups excluding carboxylic acids is 1. The molecule has 0 radical (unpaired) electrons. The molecule has 0 unspecified atom stereocenters. The van der Waals surface area contributed by atoms with Gasteiger partial charge in [-0.05, 0) is 37.3 Å². The Kier molecular flexibility index (Phi) is 4.32. The van der Waals surface area contributed by atoms with Gasteiger partial charge in [0, 0.05) is 10.5 Å². The molecule has 0 saturated heterocycles. The van der Waals surface area contributed by atoms with Crippen molar-refractivity contribution in [1.82, 2.24) is 0 Å². The first-order valence-electron chi connectivity index (χ1n) is 5.81. The highest BCUT2D eigenvalue weighted by Gasteiger charge is 2.18. The molecule has 0 aliphatic heterocycles. The Morgan fingerprint density at radius 3 is 2.62 bits per heavy atom. The van der Waals surface area contributed by atoms with Gasteiger partial charge in [0.2, 0.25) is 0 Å². The van der Waals surface area contributed by atoms with E-state index < -0.39 is 16.5 Å². The first-order valence-corrected chi connectivity index (χ1v) is 6.60. The monoisotopic (exact) mass is 353 g/mol. The van der Waals surface area contributed by atoms with Crippen LogP contribution in [0.3, 0.4) is 0 Å². The molecule has 5 nitrogen and oxygen atoms in total. The summed E-state index contributed by atoms with van der Waals surface area (Å²) in [6.07, 6.45) is 0. The summed E-state index contributed by atoms with van der Waals surface area (Å²) in [7, 11) is 0. The smallest absolute Gasteiger partial charge is 0.280 e. The Balaban J connectivity index is 2.41. The molecule has 0 heterocycles. The van der Waals surface area contributed by atoms with E-state index in [1.807, 2.05) is 0 Å². The van der Waals surface area contributed by atoms with Crippen LogP contribution in [0.4, 0.5) is 10.1 Å². The van der Waals surface area contributed by atoms with Crippen molar-refractivity contribution in [1.29, 1.82) is 0 Å². The number of ether oxygens (including phenoxy) is 1. The van der Waals surface area contributed by atoms with Crippen molar-refractivity contribution in [3.8, 4) is 11.5 Å². The van der Waals surface area contributed by atoms with Crippen LogP contribution in [-0.4, -0.2) is 10.7 Å². The summed E-state index contributed by atoms with van der Waals surface area (Å²) < 4.78 is 19.6. The highest BCUT2D eigenvalue weighted by molar-refractivity contribution is 9.10. The van der Waals surface area contributed by atoms with E-state index in [1.165, 1.54) is 37.3 Å². The van der Waals surface area contributed by atoms with Crippen molar-refractivity contribution in [2.75, 3.05) is 0 Å². The van der Waals surface area contributed by atoms with Gasteiger partial charge in [-0.3, -0.25) is 14.9 Å². The molecular weight excluding hydrogens is 345 g/mol. The molecule has 0 fully saturated rings. The van der Waals surface area contributed by atoms with Gasteiger partial charge in [-0.25, -0.2) is 4.39 Å². The minimum absolute atomic E-state index is 0.0484. The van der Waals surface area contributed by atoms with Gasteiger partial charge < -0.3 is 4.74 Å². The predicted molar refractivity (Wildman–Crippen MR) is 77.3 cm³/mol. The Morgan fingerprint density at radius 2 is 2.00 bits per heavy atom. The number of hydrogen-bond donors (Lipinski definition) is 0. The van der Waals surface area contributed by atoms with Crippen LogP contribution in [0.1, 0.15) is 17.3 Å². The maximum atomic E-state index is 13.6. The van der Waals surface area contributed by atoms with Gasteiger partial charge in [0.15, 0.2) is 17.3 Å². The number of nitro groups is 1. The minimum atomic E-state index is -0.653. The van der Waals surface area contributed by atoms with Crippen molar-refractivity contribution >= 4 is 27.4 Å². The summed E-state index contributed by atoms with van der Waals surface area (Å²) in [6.45, 7) is 1.21. The van der Waals surface area contributed by atoms with Gasteiger partial charge in [-0.2, -0.15) is 0 Å². The van der Waals surface area contributed by atoms with E-state index in [-0.39, 0.29) is 22.7 Å². The summed E-state index contributed by atoms with van der Waals surface area (Å²) in [6, 6.07) is 7.84. The molecule has 7 heteroatoms. The zero-order valence-corrected chi connectivity index (χ0v) is 12.4. The van der Waals surface area contributed by atoms with Crippen LogP contribution >= 0.6 is 15.9 Å². The number of nitro benzene ring substituents is 1. The third-order valence-corrected chi connectivity index (χ3v) is 3.16. The number of halogens is 2. The average Bonchev–Trinajstić information content (AvgIpc) is 2.42. The number of nitrogens with zero attached hydrogens (tertiary/aromatic N) is 1. The van der Waals surface area contributed by atoms with Crippen LogP contribution in [0.25, 0.3) is 0 Å². The van der Waals surface area contributed by atoms with Crippen molar-refractivity contribution in [2.24, 2.45) is 0 Å². The number of carbonyl (C=O) groups is 1. The number of ketones is 1. The average molecular weight is 354 g/mol. The van der Waals surface area contributed by atoms with E-state index in [0.717, 1.165) is 6.07 Å². The standard InChI is InChI=1S/C14H9BrFNO4/c1-8(18)11-7-10(3-5-13(11)17(19)20)21-14-6-9(15)2-4-12(14)16/h2-7H,1H3. The minimum Gasteiger partial charge on any atom is -0.454 e. The van der Waals surface area contributed by atoms with E-state index in [2.05, 4.69) is 15.9 Å². The van der Waals surface area contributed by atoms with Gasteiger partial charge in [0.05, 0.1) is 10.5 Å². The highest BCUT2D eigenvalue weighted by atomic mass is 79.9. The topological polar surface area (TPSA) is 69.4 Å². The van der Waals surface area contributed by atoms with Crippen molar-refractivity contribution in [3.05, 3.63) is 62.4 Å². The van der Waals surface area contributed by atoms with E-state index in [9.17, 15) is 19.3 Å². The number of hydrogen-bond acceptors (Lipinski definition) is 4. The van der Waals surface area contributed by atoms with Crippen LogP contribution in [0.5, 0.6) is 11.5 Å². The fraction of sp³-hybridized carbons (Fsp3) is 0.0714. The van der Waals surface area contributed by atoms with Gasteiger partial charge in [-0.15, -0.1) is 0 Å². The zero-order chi connectivity index (χ0) is 15.6. The van der Waals surface area contributed by atoms with Crippen molar-refractivity contribution in [2.45, 2.75) is 6.92 Å². The maximum absolute atomic E-state index is 13.6. The molecule has 0 aromatic heterocycles. The van der Waals surface area contributed by atoms with Crippen LogP contribution < -0.4 is 4.74 Å². The molecule has 0 spiro atoms. The molecule has 0 aliphatic carbocycles. The van der Waals surface area contributed by atoms with Gasteiger partial charge >= 0.3 is 0 Å². The third-order valence-electron chi connectivity index (χ3n) is 2.67. The fourth-order valence-electron chi connectivity index (χ4n) is 1.70. The van der Waals surface area contributed by atoms with Gasteiger partial charge in [0.1, 0.15) is 5.75 Å². The largest absolute Gasteiger partial charge is 0.454 e. The Labute approximate surface area is 127 Å². The van der Waals surface area contributed by atoms with Gasteiger partial charge in [-0.1, -0.05) is 15.9 Å². The molecule has 108 valence electrons. The summed E-state index contributed by atoms with van der Waals surface area (Å²) in [4.78, 5) is 21.6. The lowest BCUT2D eigenvalue weighted by Gasteiger charge is -2.08. The van der Waals surface area contributed by atoms with Crippen molar-refractivity contribution < 1.29 is 18.8 Å². The first kappa shape index (κ1) is 15.1. The lowest BCUT2D eigenvalue weighted by molar-refractivity contribution is -0.385. The second-order valence-corrected chi connectivity index (χ2v) is 5.08. The second kappa shape index (κ2) is 6.01. The zero-order valence-electron chi connectivity index (χ0n) is 10.8. The second-order valence-electron chi connectivity index (χ2n) is 4.17. The van der Waals surface area contributed by atoms with E-state index in [1.54, 1.807) is 0 Å².